The quantitative estimate of drug-likeness (QED) is 0.783. The number of piperidine rings is 1. The van der Waals surface area contributed by atoms with Gasteiger partial charge in [0.25, 0.3) is 0 Å². The standard InChI is InChI=1S/C25H32N2O/c1-20(22-10-6-3-7-11-22)19-27-16-13-25(14-17-27)18-23(25)24(28)26-15-12-21-8-4-2-5-9-21/h2-11,20,23H,12-19H2,1H3,(H,26,28)/t20-,23-/m0/s1. The monoisotopic (exact) mass is 376 g/mol. The lowest BCUT2D eigenvalue weighted by atomic mass is 9.89. The Balaban J connectivity index is 1.19. The number of hydrogen-bond acceptors (Lipinski definition) is 2. The average molecular weight is 377 g/mol. The number of rotatable bonds is 7. The lowest BCUT2D eigenvalue weighted by molar-refractivity contribution is -0.123. The van der Waals surface area contributed by atoms with Crippen LogP contribution in [0.15, 0.2) is 60.7 Å². The van der Waals surface area contributed by atoms with Crippen LogP contribution in [0.25, 0.3) is 0 Å². The van der Waals surface area contributed by atoms with E-state index < -0.39 is 0 Å². The maximum atomic E-state index is 12.6. The van der Waals surface area contributed by atoms with Crippen LogP contribution in [0.1, 0.15) is 43.2 Å². The first-order chi connectivity index (χ1) is 13.7. The van der Waals surface area contributed by atoms with Gasteiger partial charge in [0.15, 0.2) is 0 Å². The summed E-state index contributed by atoms with van der Waals surface area (Å²) in [7, 11) is 0. The predicted molar refractivity (Wildman–Crippen MR) is 114 cm³/mol. The van der Waals surface area contributed by atoms with Crippen molar-refractivity contribution in [2.45, 2.75) is 38.5 Å². The first kappa shape index (κ1) is 19.2. The average Bonchev–Trinajstić information content (AvgIpc) is 3.45. The summed E-state index contributed by atoms with van der Waals surface area (Å²) in [6.07, 6.45) is 4.35. The molecule has 148 valence electrons. The number of carbonyl (C=O) groups excluding carboxylic acids is 1. The van der Waals surface area contributed by atoms with E-state index in [1.807, 2.05) is 6.07 Å². The van der Waals surface area contributed by atoms with Crippen LogP contribution in [-0.2, 0) is 11.2 Å². The van der Waals surface area contributed by atoms with Crippen molar-refractivity contribution in [1.82, 2.24) is 10.2 Å². The van der Waals surface area contributed by atoms with Crippen molar-refractivity contribution in [3.63, 3.8) is 0 Å². The van der Waals surface area contributed by atoms with Crippen LogP contribution in [0.3, 0.4) is 0 Å². The van der Waals surface area contributed by atoms with Gasteiger partial charge in [-0.15, -0.1) is 0 Å². The van der Waals surface area contributed by atoms with Gasteiger partial charge in [0.1, 0.15) is 0 Å². The number of hydrogen-bond donors (Lipinski definition) is 1. The highest BCUT2D eigenvalue weighted by molar-refractivity contribution is 5.82. The molecule has 1 N–H and O–H groups in total. The zero-order valence-electron chi connectivity index (χ0n) is 16.9. The molecule has 4 rings (SSSR count). The van der Waals surface area contributed by atoms with E-state index in [9.17, 15) is 4.79 Å². The Morgan fingerprint density at radius 3 is 2.39 bits per heavy atom. The molecular weight excluding hydrogens is 344 g/mol. The molecule has 2 aromatic rings. The summed E-state index contributed by atoms with van der Waals surface area (Å²) < 4.78 is 0. The molecule has 2 aromatic carbocycles. The van der Waals surface area contributed by atoms with Crippen LogP contribution in [0.4, 0.5) is 0 Å². The van der Waals surface area contributed by atoms with Gasteiger partial charge in [0.05, 0.1) is 0 Å². The van der Waals surface area contributed by atoms with Gasteiger partial charge in [0, 0.05) is 19.0 Å². The van der Waals surface area contributed by atoms with E-state index in [4.69, 9.17) is 0 Å². The molecule has 1 amide bonds. The largest absolute Gasteiger partial charge is 0.356 e. The molecule has 3 heteroatoms. The predicted octanol–water partition coefficient (Wildman–Crippen LogP) is 4.25. The third kappa shape index (κ3) is 4.47. The number of benzene rings is 2. The normalized spacial score (nSPS) is 22.0. The van der Waals surface area contributed by atoms with Crippen molar-refractivity contribution in [3.05, 3.63) is 71.8 Å². The third-order valence-electron chi connectivity index (χ3n) is 6.81. The van der Waals surface area contributed by atoms with Crippen molar-refractivity contribution >= 4 is 5.91 Å². The summed E-state index contributed by atoms with van der Waals surface area (Å²) >= 11 is 0. The van der Waals surface area contributed by atoms with Crippen LogP contribution in [0.2, 0.25) is 0 Å². The Hall–Kier alpha value is -2.13. The summed E-state index contributed by atoms with van der Waals surface area (Å²) in [5.74, 6) is 1.09. The van der Waals surface area contributed by atoms with E-state index >= 15 is 0 Å². The Morgan fingerprint density at radius 2 is 1.71 bits per heavy atom. The molecule has 2 atom stereocenters. The molecule has 2 aliphatic rings. The number of likely N-dealkylation sites (tertiary alicyclic amines) is 1. The van der Waals surface area contributed by atoms with Gasteiger partial charge < -0.3 is 10.2 Å². The van der Waals surface area contributed by atoms with E-state index in [-0.39, 0.29) is 11.8 Å². The second-order valence-corrected chi connectivity index (χ2v) is 8.76. The minimum absolute atomic E-state index is 0.247. The first-order valence-electron chi connectivity index (χ1n) is 10.8. The first-order valence-corrected chi connectivity index (χ1v) is 10.8. The van der Waals surface area contributed by atoms with E-state index in [0.29, 0.717) is 11.3 Å². The molecule has 28 heavy (non-hydrogen) atoms. The smallest absolute Gasteiger partial charge is 0.223 e. The van der Waals surface area contributed by atoms with Gasteiger partial charge in [-0.25, -0.2) is 0 Å². The van der Waals surface area contributed by atoms with E-state index in [0.717, 1.165) is 39.0 Å². The lowest BCUT2D eigenvalue weighted by Crippen LogP contribution is -2.39. The number of nitrogens with one attached hydrogen (secondary N) is 1. The molecule has 0 radical (unpaired) electrons. The van der Waals surface area contributed by atoms with Crippen LogP contribution in [0, 0.1) is 11.3 Å². The molecule has 1 aliphatic heterocycles. The molecule has 1 spiro atoms. The highest BCUT2D eigenvalue weighted by Crippen LogP contribution is 2.59. The van der Waals surface area contributed by atoms with E-state index in [1.165, 1.54) is 24.0 Å². The van der Waals surface area contributed by atoms with Crippen molar-refractivity contribution in [1.29, 1.82) is 0 Å². The van der Waals surface area contributed by atoms with Crippen LogP contribution in [-0.4, -0.2) is 37.0 Å². The fourth-order valence-electron chi connectivity index (χ4n) is 4.82. The maximum absolute atomic E-state index is 12.6. The van der Waals surface area contributed by atoms with Crippen LogP contribution >= 0.6 is 0 Å². The van der Waals surface area contributed by atoms with Crippen molar-refractivity contribution in [3.8, 4) is 0 Å². The molecule has 1 aliphatic carbocycles. The molecule has 1 saturated carbocycles. The van der Waals surface area contributed by atoms with E-state index in [1.54, 1.807) is 0 Å². The SMILES string of the molecule is C[C@@H](CN1CCC2(CC1)C[C@H]2C(=O)NCCc1ccccc1)c1ccccc1. The lowest BCUT2D eigenvalue weighted by Gasteiger charge is -2.34. The van der Waals surface area contributed by atoms with Gasteiger partial charge in [-0.1, -0.05) is 67.6 Å². The molecule has 0 unspecified atom stereocenters. The topological polar surface area (TPSA) is 32.3 Å². The van der Waals surface area contributed by atoms with Gasteiger partial charge in [0.2, 0.25) is 5.91 Å². The summed E-state index contributed by atoms with van der Waals surface area (Å²) in [4.78, 5) is 15.2. The fraction of sp³-hybridized carbons (Fsp3) is 0.480. The van der Waals surface area contributed by atoms with E-state index in [2.05, 4.69) is 71.7 Å². The minimum Gasteiger partial charge on any atom is -0.356 e. The fourth-order valence-corrected chi connectivity index (χ4v) is 4.82. The summed E-state index contributed by atoms with van der Waals surface area (Å²) in [6, 6.07) is 21.2. The second-order valence-electron chi connectivity index (χ2n) is 8.76. The van der Waals surface area contributed by atoms with Crippen LogP contribution < -0.4 is 5.32 Å². The Morgan fingerprint density at radius 1 is 1.07 bits per heavy atom. The molecule has 1 saturated heterocycles. The van der Waals surface area contributed by atoms with Gasteiger partial charge in [-0.2, -0.15) is 0 Å². The Labute approximate surface area is 169 Å². The Kier molecular flexibility index (Phi) is 5.82. The van der Waals surface area contributed by atoms with Gasteiger partial charge in [-0.05, 0) is 61.2 Å². The number of nitrogens with zero attached hydrogens (tertiary/aromatic N) is 1. The van der Waals surface area contributed by atoms with Crippen molar-refractivity contribution < 1.29 is 4.79 Å². The molecule has 3 nitrogen and oxygen atoms in total. The molecule has 0 bridgehead atoms. The minimum atomic E-state index is 0.247. The summed E-state index contributed by atoms with van der Waals surface area (Å²) in [6.45, 7) is 6.44. The highest BCUT2D eigenvalue weighted by atomic mass is 16.2. The molecule has 1 heterocycles. The molecule has 0 aromatic heterocycles. The number of amides is 1. The zero-order valence-corrected chi connectivity index (χ0v) is 16.9. The highest BCUT2D eigenvalue weighted by Gasteiger charge is 2.58. The molecular formula is C25H32N2O. The maximum Gasteiger partial charge on any atom is 0.223 e. The van der Waals surface area contributed by atoms with Gasteiger partial charge in [-0.3, -0.25) is 4.79 Å². The second kappa shape index (κ2) is 8.48. The van der Waals surface area contributed by atoms with Gasteiger partial charge >= 0.3 is 0 Å². The number of carbonyl (C=O) groups is 1. The van der Waals surface area contributed by atoms with Crippen LogP contribution in [0.5, 0.6) is 0 Å². The summed E-state index contributed by atoms with van der Waals surface area (Å²) in [5.41, 5.74) is 3.00. The third-order valence-corrected chi connectivity index (χ3v) is 6.81. The Bertz CT molecular complexity index is 766. The summed E-state index contributed by atoms with van der Waals surface area (Å²) in [5, 5.41) is 3.18. The molecule has 2 fully saturated rings. The zero-order chi connectivity index (χ0) is 19.4. The van der Waals surface area contributed by atoms with Crippen molar-refractivity contribution in [2.75, 3.05) is 26.2 Å². The van der Waals surface area contributed by atoms with Crippen molar-refractivity contribution in [2.24, 2.45) is 11.3 Å².